The van der Waals surface area contributed by atoms with E-state index in [2.05, 4.69) is 5.32 Å². The van der Waals surface area contributed by atoms with Crippen molar-refractivity contribution in [1.82, 2.24) is 10.2 Å². The number of nitrogens with zero attached hydrogens (tertiary/aromatic N) is 1. The topological polar surface area (TPSA) is 75.7 Å². The number of carbonyl (C=O) groups is 3. The van der Waals surface area contributed by atoms with Gasteiger partial charge in [0, 0.05) is 5.56 Å². The molecule has 0 bridgehead atoms. The van der Waals surface area contributed by atoms with Gasteiger partial charge in [-0.25, -0.2) is 4.79 Å². The van der Waals surface area contributed by atoms with Gasteiger partial charge in [0.05, 0.1) is 13.5 Å². The molecule has 0 aromatic heterocycles. The number of methoxy groups -OCH3 is 1. The van der Waals surface area contributed by atoms with E-state index in [1.54, 1.807) is 24.3 Å². The fourth-order valence-corrected chi connectivity index (χ4v) is 2.58. The number of rotatable bonds is 3. The predicted molar refractivity (Wildman–Crippen MR) is 79.8 cm³/mol. The molecule has 0 aliphatic carbocycles. The summed E-state index contributed by atoms with van der Waals surface area (Å²) >= 11 is 0. The van der Waals surface area contributed by atoms with Crippen molar-refractivity contribution in [3.63, 3.8) is 0 Å². The van der Waals surface area contributed by atoms with E-state index in [0.717, 1.165) is 0 Å². The lowest BCUT2D eigenvalue weighted by atomic mass is 9.99. The quantitative estimate of drug-likeness (QED) is 0.851. The molecule has 2 amide bonds. The predicted octanol–water partition coefficient (Wildman–Crippen LogP) is 1.17. The van der Waals surface area contributed by atoms with Gasteiger partial charge >= 0.3 is 5.97 Å². The maximum Gasteiger partial charge on any atom is 0.329 e. The number of nitrogens with one attached hydrogen (secondary N) is 1. The van der Waals surface area contributed by atoms with Crippen molar-refractivity contribution < 1.29 is 19.1 Å². The monoisotopic (exact) mass is 304 g/mol. The summed E-state index contributed by atoms with van der Waals surface area (Å²) in [5, 5.41) is 2.78. The number of hydrogen-bond acceptors (Lipinski definition) is 4. The highest BCUT2D eigenvalue weighted by Crippen LogP contribution is 2.23. The van der Waals surface area contributed by atoms with Crippen LogP contribution in [0.2, 0.25) is 0 Å². The van der Waals surface area contributed by atoms with Crippen molar-refractivity contribution in [2.24, 2.45) is 5.92 Å². The average molecular weight is 304 g/mol. The molecule has 1 aromatic rings. The van der Waals surface area contributed by atoms with Crippen molar-refractivity contribution in [3.05, 3.63) is 35.9 Å². The second-order valence-corrected chi connectivity index (χ2v) is 5.58. The molecule has 1 saturated heterocycles. The first-order valence-corrected chi connectivity index (χ1v) is 7.20. The molecule has 0 unspecified atom stereocenters. The van der Waals surface area contributed by atoms with E-state index < -0.39 is 18.2 Å². The average Bonchev–Trinajstić information content (AvgIpc) is 2.53. The number of ether oxygens (including phenoxy) is 1. The molecule has 22 heavy (non-hydrogen) atoms. The van der Waals surface area contributed by atoms with Crippen molar-refractivity contribution in [2.45, 2.75) is 32.5 Å². The Kier molecular flexibility index (Phi) is 4.80. The summed E-state index contributed by atoms with van der Waals surface area (Å²) in [6, 6.07) is 7.79. The Morgan fingerprint density at radius 2 is 1.91 bits per heavy atom. The van der Waals surface area contributed by atoms with E-state index in [0.29, 0.717) is 5.56 Å². The van der Waals surface area contributed by atoms with Gasteiger partial charge in [0.25, 0.3) is 5.91 Å². The molecule has 0 spiro atoms. The van der Waals surface area contributed by atoms with Crippen LogP contribution in [0.4, 0.5) is 0 Å². The number of hydrogen-bond donors (Lipinski definition) is 1. The first kappa shape index (κ1) is 16.0. The van der Waals surface area contributed by atoms with E-state index >= 15 is 0 Å². The molecule has 0 saturated carbocycles. The normalized spacial score (nSPS) is 21.5. The first-order chi connectivity index (χ1) is 10.5. The third kappa shape index (κ3) is 3.10. The molecule has 1 N–H and O–H groups in total. The van der Waals surface area contributed by atoms with Crippen LogP contribution < -0.4 is 5.32 Å². The molecular weight excluding hydrogens is 284 g/mol. The second-order valence-electron chi connectivity index (χ2n) is 5.58. The van der Waals surface area contributed by atoms with E-state index in [9.17, 15) is 14.4 Å². The summed E-state index contributed by atoms with van der Waals surface area (Å²) in [5.74, 6) is -1.17. The van der Waals surface area contributed by atoms with Gasteiger partial charge in [0.2, 0.25) is 5.91 Å². The Labute approximate surface area is 129 Å². The number of amides is 2. The summed E-state index contributed by atoms with van der Waals surface area (Å²) in [6.07, 6.45) is -0.632. The summed E-state index contributed by atoms with van der Waals surface area (Å²) < 4.78 is 4.77. The molecule has 1 heterocycles. The summed E-state index contributed by atoms with van der Waals surface area (Å²) in [6.45, 7) is 3.77. The lowest BCUT2D eigenvalue weighted by Gasteiger charge is -2.42. The van der Waals surface area contributed by atoms with Crippen molar-refractivity contribution in [2.75, 3.05) is 7.11 Å². The van der Waals surface area contributed by atoms with E-state index in [4.69, 9.17) is 4.74 Å². The maximum atomic E-state index is 12.8. The molecule has 1 fully saturated rings. The molecule has 1 aliphatic heterocycles. The third-order valence-electron chi connectivity index (χ3n) is 3.68. The minimum atomic E-state index is -0.904. The van der Waals surface area contributed by atoms with Crippen LogP contribution in [0.15, 0.2) is 30.3 Å². The number of carbonyl (C=O) groups excluding carboxylic acids is 3. The molecule has 118 valence electrons. The van der Waals surface area contributed by atoms with Gasteiger partial charge in [-0.05, 0) is 18.1 Å². The fourth-order valence-electron chi connectivity index (χ4n) is 2.58. The van der Waals surface area contributed by atoms with Crippen LogP contribution in [0.5, 0.6) is 0 Å². The molecule has 1 aromatic carbocycles. The SMILES string of the molecule is COC(=O)[C@@H]1CC(=O)N[C@H](C(C)C)N1C(=O)c1ccccc1. The van der Waals surface area contributed by atoms with E-state index in [-0.39, 0.29) is 24.2 Å². The smallest absolute Gasteiger partial charge is 0.329 e. The molecule has 1 aliphatic rings. The summed E-state index contributed by atoms with van der Waals surface area (Å²) in [7, 11) is 1.25. The lowest BCUT2D eigenvalue weighted by molar-refractivity contribution is -0.153. The van der Waals surface area contributed by atoms with Crippen LogP contribution in [0, 0.1) is 5.92 Å². The molecule has 2 atom stereocenters. The molecular formula is C16H20N2O4. The van der Waals surface area contributed by atoms with Gasteiger partial charge in [-0.1, -0.05) is 32.0 Å². The van der Waals surface area contributed by atoms with Gasteiger partial charge in [0.1, 0.15) is 12.2 Å². The van der Waals surface area contributed by atoms with Crippen LogP contribution in [0.3, 0.4) is 0 Å². The highest BCUT2D eigenvalue weighted by atomic mass is 16.5. The zero-order valence-corrected chi connectivity index (χ0v) is 12.9. The molecule has 2 rings (SSSR count). The second kappa shape index (κ2) is 6.60. The van der Waals surface area contributed by atoms with Crippen molar-refractivity contribution in [3.8, 4) is 0 Å². The third-order valence-corrected chi connectivity index (χ3v) is 3.68. The van der Waals surface area contributed by atoms with Gasteiger partial charge in [-0.2, -0.15) is 0 Å². The van der Waals surface area contributed by atoms with Crippen LogP contribution in [-0.2, 0) is 14.3 Å². The highest BCUT2D eigenvalue weighted by Gasteiger charge is 2.43. The summed E-state index contributed by atoms with van der Waals surface area (Å²) in [4.78, 5) is 38.1. The Hall–Kier alpha value is -2.37. The van der Waals surface area contributed by atoms with Crippen LogP contribution in [0.25, 0.3) is 0 Å². The Balaban J connectivity index is 2.41. The number of esters is 1. The van der Waals surface area contributed by atoms with Crippen molar-refractivity contribution >= 4 is 17.8 Å². The van der Waals surface area contributed by atoms with Gasteiger partial charge in [-0.3, -0.25) is 9.59 Å². The maximum absolute atomic E-state index is 12.8. The van der Waals surface area contributed by atoms with Gasteiger partial charge in [-0.15, -0.1) is 0 Å². The Morgan fingerprint density at radius 3 is 2.45 bits per heavy atom. The minimum Gasteiger partial charge on any atom is -0.467 e. The van der Waals surface area contributed by atoms with E-state index in [1.165, 1.54) is 12.0 Å². The zero-order chi connectivity index (χ0) is 16.3. The van der Waals surface area contributed by atoms with Crippen LogP contribution in [-0.4, -0.2) is 42.0 Å². The molecule has 0 radical (unpaired) electrons. The fraction of sp³-hybridized carbons (Fsp3) is 0.438. The molecule has 6 nitrogen and oxygen atoms in total. The van der Waals surface area contributed by atoms with Gasteiger partial charge < -0.3 is 15.0 Å². The van der Waals surface area contributed by atoms with Crippen LogP contribution in [0.1, 0.15) is 30.6 Å². The summed E-state index contributed by atoms with van der Waals surface area (Å²) in [5.41, 5.74) is 0.471. The Morgan fingerprint density at radius 1 is 1.27 bits per heavy atom. The zero-order valence-electron chi connectivity index (χ0n) is 12.9. The van der Waals surface area contributed by atoms with Gasteiger partial charge in [0.15, 0.2) is 0 Å². The highest BCUT2D eigenvalue weighted by molar-refractivity contribution is 5.99. The largest absolute Gasteiger partial charge is 0.467 e. The number of benzene rings is 1. The van der Waals surface area contributed by atoms with Crippen molar-refractivity contribution in [1.29, 1.82) is 0 Å². The Bertz CT molecular complexity index is 571. The lowest BCUT2D eigenvalue weighted by Crippen LogP contribution is -2.64. The van der Waals surface area contributed by atoms with E-state index in [1.807, 2.05) is 19.9 Å². The van der Waals surface area contributed by atoms with Crippen LogP contribution >= 0.6 is 0 Å². The molecule has 6 heteroatoms. The standard InChI is InChI=1S/C16H20N2O4/c1-10(2)14-17-13(19)9-12(16(21)22-3)18(14)15(20)11-7-5-4-6-8-11/h4-8,10,12,14H,9H2,1-3H3,(H,17,19)/t12-,14-/m0/s1. The minimum absolute atomic E-state index is 0.0379. The first-order valence-electron chi connectivity index (χ1n) is 7.20.